The zero-order valence-corrected chi connectivity index (χ0v) is 22.0. The van der Waals surface area contributed by atoms with Gasteiger partial charge in [-0.2, -0.15) is 0 Å². The van der Waals surface area contributed by atoms with Crippen LogP contribution in [0.2, 0.25) is 5.02 Å². The molecule has 0 aliphatic carbocycles. The molecule has 0 radical (unpaired) electrons. The van der Waals surface area contributed by atoms with Crippen LogP contribution in [0, 0.1) is 6.92 Å². The first-order valence-electron chi connectivity index (χ1n) is 10.4. The average molecular weight is 548 g/mol. The molecule has 0 unspecified atom stereocenters. The number of ether oxygens (including phenoxy) is 3. The number of halogens is 2. The lowest BCUT2D eigenvalue weighted by molar-refractivity contribution is 0.0598. The molecule has 0 saturated carbocycles. The van der Waals surface area contributed by atoms with Gasteiger partial charge < -0.3 is 14.2 Å². The first kappa shape index (κ1) is 24.1. The van der Waals surface area contributed by atoms with Crippen LogP contribution in [-0.4, -0.2) is 40.3 Å². The molecule has 10 heteroatoms. The topological polar surface area (TPSA) is 78.2 Å². The van der Waals surface area contributed by atoms with Crippen LogP contribution in [0.4, 0.5) is 16.3 Å². The van der Waals surface area contributed by atoms with Crippen LogP contribution in [0.5, 0.6) is 11.5 Å². The molecule has 0 spiro atoms. The lowest BCUT2D eigenvalue weighted by Gasteiger charge is -2.29. The van der Waals surface area contributed by atoms with Gasteiger partial charge in [-0.1, -0.05) is 27.5 Å². The summed E-state index contributed by atoms with van der Waals surface area (Å²) >= 11 is 10.1. The Morgan fingerprint density at radius 2 is 1.76 bits per heavy atom. The first-order valence-corrected chi connectivity index (χ1v) is 11.6. The van der Waals surface area contributed by atoms with Crippen LogP contribution in [0.3, 0.4) is 0 Å². The van der Waals surface area contributed by atoms with Crippen molar-refractivity contribution in [1.29, 1.82) is 0 Å². The van der Waals surface area contributed by atoms with E-state index in [2.05, 4.69) is 20.9 Å². The molecule has 2 heterocycles. The third-order valence-corrected chi connectivity index (χ3v) is 5.81. The number of aryl methyl sites for hydroxylation is 1. The van der Waals surface area contributed by atoms with E-state index in [0.29, 0.717) is 39.1 Å². The smallest absolute Gasteiger partial charge is 0.420 e. The lowest BCUT2D eigenvalue weighted by Crippen LogP contribution is -2.35. The molecule has 0 aliphatic rings. The summed E-state index contributed by atoms with van der Waals surface area (Å²) in [7, 11) is 3.12. The summed E-state index contributed by atoms with van der Waals surface area (Å²) in [4.78, 5) is 24.1. The number of carbonyl (C=O) groups excluding carboxylic acids is 1. The van der Waals surface area contributed by atoms with Gasteiger partial charge in [0.25, 0.3) is 0 Å². The number of imidazole rings is 1. The van der Waals surface area contributed by atoms with Gasteiger partial charge in [0.1, 0.15) is 11.1 Å². The van der Waals surface area contributed by atoms with Crippen LogP contribution >= 0.6 is 27.5 Å². The molecule has 0 atom stereocenters. The van der Waals surface area contributed by atoms with Gasteiger partial charge in [-0.3, -0.25) is 4.40 Å². The predicted octanol–water partition coefficient (Wildman–Crippen LogP) is 6.70. The maximum absolute atomic E-state index is 13.6. The molecular formula is C24H24BrClN4O4. The number of nitrogens with zero attached hydrogens (tertiary/aromatic N) is 4. The maximum Gasteiger partial charge on any atom is 0.420 e. The Labute approximate surface area is 210 Å². The minimum Gasteiger partial charge on any atom is -0.493 e. The van der Waals surface area contributed by atoms with Crippen LogP contribution in [0.15, 0.2) is 41.3 Å². The average Bonchev–Trinajstić information content (AvgIpc) is 3.23. The second-order valence-electron chi connectivity index (χ2n) is 8.65. The predicted molar refractivity (Wildman–Crippen MR) is 136 cm³/mol. The van der Waals surface area contributed by atoms with Crippen molar-refractivity contribution in [2.45, 2.75) is 33.3 Å². The van der Waals surface area contributed by atoms with E-state index in [9.17, 15) is 4.79 Å². The van der Waals surface area contributed by atoms with Crippen molar-refractivity contribution in [1.82, 2.24) is 14.4 Å². The van der Waals surface area contributed by atoms with Crippen molar-refractivity contribution in [2.24, 2.45) is 0 Å². The molecule has 0 aliphatic heterocycles. The van der Waals surface area contributed by atoms with Crippen LogP contribution in [-0.2, 0) is 4.74 Å². The molecule has 2 aromatic carbocycles. The fourth-order valence-corrected chi connectivity index (χ4v) is 4.75. The molecular weight excluding hydrogens is 524 g/mol. The van der Waals surface area contributed by atoms with Gasteiger partial charge >= 0.3 is 6.09 Å². The fourth-order valence-electron chi connectivity index (χ4n) is 3.70. The Morgan fingerprint density at radius 3 is 2.38 bits per heavy atom. The van der Waals surface area contributed by atoms with Crippen molar-refractivity contribution in [2.75, 3.05) is 19.1 Å². The van der Waals surface area contributed by atoms with Crippen LogP contribution in [0.25, 0.3) is 16.6 Å². The minimum atomic E-state index is -0.741. The fraction of sp³-hybridized carbons (Fsp3) is 0.292. The molecule has 4 aromatic rings. The number of hydrogen-bond donors (Lipinski definition) is 0. The lowest BCUT2D eigenvalue weighted by atomic mass is 10.1. The highest BCUT2D eigenvalue weighted by atomic mass is 79.9. The number of aromatic nitrogens is 3. The molecule has 2 aromatic heterocycles. The molecule has 178 valence electrons. The molecule has 34 heavy (non-hydrogen) atoms. The SMILES string of the molecule is COc1cc2nc(N(C(=O)OC(C)(C)C)c3c(C)cc(Br)cc3Cl)c3cncn3c2cc1OC. The van der Waals surface area contributed by atoms with Gasteiger partial charge in [-0.05, 0) is 45.4 Å². The third-order valence-electron chi connectivity index (χ3n) is 5.06. The van der Waals surface area contributed by atoms with E-state index in [0.717, 1.165) is 15.6 Å². The molecule has 1 amide bonds. The number of hydrogen-bond acceptors (Lipinski definition) is 6. The van der Waals surface area contributed by atoms with Gasteiger partial charge in [0.2, 0.25) is 0 Å². The summed E-state index contributed by atoms with van der Waals surface area (Å²) in [5.41, 5.74) is 2.37. The van der Waals surface area contributed by atoms with E-state index in [4.69, 9.17) is 30.8 Å². The van der Waals surface area contributed by atoms with Gasteiger partial charge in [0.05, 0.1) is 48.5 Å². The van der Waals surface area contributed by atoms with E-state index in [1.54, 1.807) is 59.6 Å². The monoisotopic (exact) mass is 546 g/mol. The van der Waals surface area contributed by atoms with Crippen molar-refractivity contribution in [3.05, 3.63) is 51.8 Å². The quantitative estimate of drug-likeness (QED) is 0.283. The molecule has 0 saturated heterocycles. The minimum absolute atomic E-state index is 0.318. The number of rotatable bonds is 4. The zero-order chi connectivity index (χ0) is 24.8. The molecule has 0 fully saturated rings. The van der Waals surface area contributed by atoms with Gasteiger partial charge in [-0.25, -0.2) is 19.7 Å². The summed E-state index contributed by atoms with van der Waals surface area (Å²) in [5, 5.41) is 0.365. The van der Waals surface area contributed by atoms with E-state index in [1.165, 1.54) is 4.90 Å². The van der Waals surface area contributed by atoms with Crippen LogP contribution in [0.1, 0.15) is 26.3 Å². The van der Waals surface area contributed by atoms with Gasteiger partial charge in [0, 0.05) is 16.6 Å². The summed E-state index contributed by atoms with van der Waals surface area (Å²) < 4.78 is 19.3. The normalized spacial score (nSPS) is 11.6. The molecule has 0 N–H and O–H groups in total. The molecule has 0 bridgehead atoms. The summed E-state index contributed by atoms with van der Waals surface area (Å²) in [6.07, 6.45) is 2.67. The maximum atomic E-state index is 13.6. The number of anilines is 2. The Kier molecular flexibility index (Phi) is 6.35. The van der Waals surface area contributed by atoms with Crippen molar-refractivity contribution < 1.29 is 19.0 Å². The molecule has 4 rings (SSSR count). The highest BCUT2D eigenvalue weighted by Crippen LogP contribution is 2.41. The van der Waals surface area contributed by atoms with E-state index in [-0.39, 0.29) is 0 Å². The Hall–Kier alpha value is -3.04. The largest absolute Gasteiger partial charge is 0.493 e. The van der Waals surface area contributed by atoms with E-state index < -0.39 is 11.7 Å². The summed E-state index contributed by atoms with van der Waals surface area (Å²) in [6, 6.07) is 7.17. The Bertz CT molecular complexity index is 1390. The highest BCUT2D eigenvalue weighted by molar-refractivity contribution is 9.10. The van der Waals surface area contributed by atoms with Gasteiger partial charge in [-0.15, -0.1) is 0 Å². The Morgan fingerprint density at radius 1 is 1.09 bits per heavy atom. The number of amides is 1. The number of benzene rings is 2. The third kappa shape index (κ3) is 4.37. The van der Waals surface area contributed by atoms with E-state index in [1.807, 2.05) is 23.5 Å². The van der Waals surface area contributed by atoms with Crippen molar-refractivity contribution in [3.8, 4) is 11.5 Å². The zero-order valence-electron chi connectivity index (χ0n) is 19.6. The highest BCUT2D eigenvalue weighted by Gasteiger charge is 2.31. The van der Waals surface area contributed by atoms with Crippen molar-refractivity contribution >= 4 is 61.7 Å². The standard InChI is InChI=1S/C24H24BrClN4O4/c1-13-7-14(25)8-15(26)21(13)30(23(31)34-24(2,3)4)22-18-11-27-12-29(18)17-10-20(33-6)19(32-5)9-16(17)28-22/h7-12H,1-6H3. The number of carbonyl (C=O) groups is 1. The van der Waals surface area contributed by atoms with Gasteiger partial charge in [0.15, 0.2) is 17.3 Å². The second kappa shape index (κ2) is 8.96. The second-order valence-corrected chi connectivity index (χ2v) is 9.97. The number of methoxy groups -OCH3 is 2. The van der Waals surface area contributed by atoms with Crippen molar-refractivity contribution in [3.63, 3.8) is 0 Å². The number of fused-ring (bicyclic) bond motifs is 3. The summed E-state index contributed by atoms with van der Waals surface area (Å²) in [5.74, 6) is 1.38. The first-order chi connectivity index (χ1) is 16.0. The van der Waals surface area contributed by atoms with Crippen LogP contribution < -0.4 is 14.4 Å². The van der Waals surface area contributed by atoms with E-state index >= 15 is 0 Å². The summed E-state index contributed by atoms with van der Waals surface area (Å²) in [6.45, 7) is 7.28. The Balaban J connectivity index is 2.06. The molecule has 8 nitrogen and oxygen atoms in total.